The summed E-state index contributed by atoms with van der Waals surface area (Å²) in [4.78, 5) is 22.1. The van der Waals surface area contributed by atoms with Gasteiger partial charge in [-0.05, 0) is 24.2 Å². The van der Waals surface area contributed by atoms with Crippen LogP contribution in [-0.2, 0) is 9.59 Å². The minimum atomic E-state index is -1.28. The van der Waals surface area contributed by atoms with Crippen LogP contribution in [0.3, 0.4) is 0 Å². The van der Waals surface area contributed by atoms with Gasteiger partial charge in [0.15, 0.2) is 5.92 Å². The van der Waals surface area contributed by atoms with Crippen molar-refractivity contribution < 1.29 is 22.7 Å². The first-order valence-corrected chi connectivity index (χ1v) is 8.15. The van der Waals surface area contributed by atoms with Gasteiger partial charge in [-0.1, -0.05) is 66.2 Å². The van der Waals surface area contributed by atoms with E-state index in [0.29, 0.717) is 0 Å². The molecule has 0 spiro atoms. The van der Waals surface area contributed by atoms with Crippen molar-refractivity contribution in [3.05, 3.63) is 0 Å². The maximum absolute atomic E-state index is 11.1. The molecule has 0 bridgehead atoms. The molecule has 0 fully saturated rings. The van der Waals surface area contributed by atoms with Crippen molar-refractivity contribution in [3.63, 3.8) is 0 Å². The number of hydrogen-bond acceptors (Lipinski definition) is 2. The molecule has 128 valence electrons. The van der Waals surface area contributed by atoms with Crippen LogP contribution in [0.1, 0.15) is 81.9 Å². The van der Waals surface area contributed by atoms with E-state index in [9.17, 15) is 9.59 Å². The first-order chi connectivity index (χ1) is 9.70. The van der Waals surface area contributed by atoms with Crippen molar-refractivity contribution in [3.8, 4) is 0 Å². The molecule has 22 heavy (non-hydrogen) atoms. The van der Waals surface area contributed by atoms with Gasteiger partial charge in [0.25, 0.3) is 0 Å². The molecule has 0 amide bonds. The van der Waals surface area contributed by atoms with E-state index < -0.39 is 17.9 Å². The summed E-state index contributed by atoms with van der Waals surface area (Å²) in [5.74, 6) is -3.60. The predicted octanol–water partition coefficient (Wildman–Crippen LogP) is 4.42. The van der Waals surface area contributed by atoms with Crippen LogP contribution >= 0.6 is 0 Å². The largest absolute Gasteiger partial charge is 2.00 e. The summed E-state index contributed by atoms with van der Waals surface area (Å²) in [5, 5.41) is 18.1. The van der Waals surface area contributed by atoms with Crippen molar-refractivity contribution in [1.29, 1.82) is 0 Å². The van der Waals surface area contributed by atoms with Gasteiger partial charge < -0.3 is 13.1 Å². The molecule has 5 heteroatoms. The molecule has 1 atom stereocenters. The number of aliphatic carboxylic acids is 2. The summed E-state index contributed by atoms with van der Waals surface area (Å²) in [7, 11) is 0. The molecule has 0 aromatic rings. The van der Waals surface area contributed by atoms with Gasteiger partial charge in [0.1, 0.15) is 0 Å². The van der Waals surface area contributed by atoms with E-state index in [-0.39, 0.29) is 58.3 Å². The second-order valence-electron chi connectivity index (χ2n) is 7.08. The van der Waals surface area contributed by atoms with E-state index in [1.807, 2.05) is 0 Å². The number of hydrogen-bond donors (Lipinski definition) is 2. The summed E-state index contributed by atoms with van der Waals surface area (Å²) in [6, 6.07) is 0. The van der Waals surface area contributed by atoms with Crippen molar-refractivity contribution in [2.24, 2.45) is 17.3 Å². The van der Waals surface area contributed by atoms with E-state index >= 15 is 0 Å². The predicted molar refractivity (Wildman–Crippen MR) is 92.3 cm³/mol. The average Bonchev–Trinajstić information content (AvgIpc) is 2.34. The number of carboxylic acid groups (broad SMARTS) is 2. The van der Waals surface area contributed by atoms with E-state index in [0.717, 1.165) is 19.3 Å². The van der Waals surface area contributed by atoms with Crippen LogP contribution in [0, 0.1) is 17.3 Å². The molecule has 1 unspecified atom stereocenters. The zero-order valence-corrected chi connectivity index (χ0v) is 16.9. The van der Waals surface area contributed by atoms with Gasteiger partial charge in [0.05, 0.1) is 0 Å². The van der Waals surface area contributed by atoms with E-state index in [1.54, 1.807) is 0 Å². The summed E-state index contributed by atoms with van der Waals surface area (Å²) < 4.78 is 0. The Morgan fingerprint density at radius 2 is 1.41 bits per heavy atom. The number of carboxylic acids is 2. The van der Waals surface area contributed by atoms with E-state index in [1.165, 1.54) is 25.7 Å². The summed E-state index contributed by atoms with van der Waals surface area (Å²) >= 11 is 0. The standard InChI is InChI=1S/C17H32O4.Ca.2H/c1-5-6-7-8-9-10-11-13(17(2,3)4)12-14(15(18)19)16(20)21;;;/h13-14H,5-12H2,1-4H3,(H,18,19)(H,20,21);;;/q;+2;2*-1. The fraction of sp³-hybridized carbons (Fsp3) is 0.882. The fourth-order valence-corrected chi connectivity index (χ4v) is 2.67. The van der Waals surface area contributed by atoms with Gasteiger partial charge in [0.2, 0.25) is 0 Å². The molecular weight excluding hydrogens is 308 g/mol. The van der Waals surface area contributed by atoms with Crippen LogP contribution in [0.2, 0.25) is 0 Å². The van der Waals surface area contributed by atoms with Gasteiger partial charge in [-0.2, -0.15) is 0 Å². The maximum Gasteiger partial charge on any atom is 2.00 e. The molecule has 2 N–H and O–H groups in total. The minimum Gasteiger partial charge on any atom is -1.00 e. The normalized spacial score (nSPS) is 12.8. The third-order valence-electron chi connectivity index (χ3n) is 4.25. The third kappa shape index (κ3) is 10.8. The SMILES string of the molecule is CCCCCCCCC(CC(C(=O)O)C(=O)O)C(C)(C)C.[Ca+2].[H-].[H-]. The monoisotopic (exact) mass is 342 g/mol. The Labute approximate surface area is 168 Å². The molecule has 0 heterocycles. The molecule has 0 aliphatic carbocycles. The van der Waals surface area contributed by atoms with Crippen LogP contribution in [0.15, 0.2) is 0 Å². The molecule has 0 aliphatic rings. The zero-order chi connectivity index (χ0) is 16.5. The van der Waals surface area contributed by atoms with E-state index in [4.69, 9.17) is 10.2 Å². The average molecular weight is 343 g/mol. The summed E-state index contributed by atoms with van der Waals surface area (Å²) in [6.45, 7) is 8.38. The van der Waals surface area contributed by atoms with Crippen LogP contribution in [0.4, 0.5) is 0 Å². The maximum atomic E-state index is 11.1. The molecule has 0 saturated heterocycles. The van der Waals surface area contributed by atoms with E-state index in [2.05, 4.69) is 27.7 Å². The van der Waals surface area contributed by atoms with Crippen LogP contribution < -0.4 is 0 Å². The Bertz CT molecular complexity index is 319. The molecular formula is C17H34CaO4. The summed E-state index contributed by atoms with van der Waals surface area (Å²) in [5.41, 5.74) is -0.0629. The number of carbonyl (C=O) groups is 2. The Balaban J connectivity index is -0.000000667. The van der Waals surface area contributed by atoms with Gasteiger partial charge in [-0.25, -0.2) is 0 Å². The topological polar surface area (TPSA) is 74.6 Å². The first-order valence-electron chi connectivity index (χ1n) is 8.15. The molecule has 0 rings (SSSR count). The van der Waals surface area contributed by atoms with Crippen LogP contribution in [-0.4, -0.2) is 59.9 Å². The smallest absolute Gasteiger partial charge is 1.00 e. The molecule has 0 saturated carbocycles. The molecule has 0 radical (unpaired) electrons. The second kappa shape index (κ2) is 12.6. The first kappa shape index (κ1) is 24.5. The zero-order valence-electron chi connectivity index (χ0n) is 16.7. The van der Waals surface area contributed by atoms with Gasteiger partial charge in [-0.3, -0.25) is 9.59 Å². The van der Waals surface area contributed by atoms with Crippen molar-refractivity contribution >= 4 is 49.7 Å². The van der Waals surface area contributed by atoms with Crippen molar-refractivity contribution in [1.82, 2.24) is 0 Å². The Morgan fingerprint density at radius 3 is 1.82 bits per heavy atom. The second-order valence-corrected chi connectivity index (χ2v) is 7.08. The molecule has 0 aliphatic heterocycles. The Hall–Kier alpha value is 0.200. The van der Waals surface area contributed by atoms with Crippen molar-refractivity contribution in [2.75, 3.05) is 0 Å². The molecule has 0 aromatic carbocycles. The van der Waals surface area contributed by atoms with Gasteiger partial charge >= 0.3 is 49.7 Å². The van der Waals surface area contributed by atoms with Crippen molar-refractivity contribution in [2.45, 2.75) is 79.1 Å². The van der Waals surface area contributed by atoms with Gasteiger partial charge in [-0.15, -0.1) is 0 Å². The fourth-order valence-electron chi connectivity index (χ4n) is 2.67. The molecule has 0 aromatic heterocycles. The summed E-state index contributed by atoms with van der Waals surface area (Å²) in [6.07, 6.45) is 8.30. The number of rotatable bonds is 11. The van der Waals surface area contributed by atoms with Crippen LogP contribution in [0.5, 0.6) is 0 Å². The molecule has 4 nitrogen and oxygen atoms in total. The Kier molecular flexibility index (Phi) is 14.0. The minimum absolute atomic E-state index is 0. The quantitative estimate of drug-likeness (QED) is 0.331. The third-order valence-corrected chi connectivity index (χ3v) is 4.25. The van der Waals surface area contributed by atoms with Gasteiger partial charge in [0, 0.05) is 0 Å². The number of unbranched alkanes of at least 4 members (excludes halogenated alkanes) is 5. The Morgan fingerprint density at radius 1 is 0.955 bits per heavy atom. The van der Waals surface area contributed by atoms with Crippen LogP contribution in [0.25, 0.3) is 0 Å².